The van der Waals surface area contributed by atoms with Gasteiger partial charge in [-0.25, -0.2) is 0 Å². The lowest BCUT2D eigenvalue weighted by atomic mass is 10.0. The van der Waals surface area contributed by atoms with Crippen LogP contribution in [0, 0.1) is 5.92 Å². The molecule has 84 valence electrons. The number of thiophene rings is 1. The molecule has 0 saturated carbocycles. The second-order valence-corrected chi connectivity index (χ2v) is 5.47. The quantitative estimate of drug-likeness (QED) is 0.793. The average molecular weight is 225 g/mol. The Morgan fingerprint density at radius 1 is 1.33 bits per heavy atom. The Kier molecular flexibility index (Phi) is 3.44. The van der Waals surface area contributed by atoms with Gasteiger partial charge in [-0.1, -0.05) is 13.0 Å². The van der Waals surface area contributed by atoms with Crippen molar-refractivity contribution in [1.82, 2.24) is 5.32 Å². The molecule has 0 aromatic carbocycles. The van der Waals surface area contributed by atoms with Crippen molar-refractivity contribution in [2.45, 2.75) is 39.0 Å². The summed E-state index contributed by atoms with van der Waals surface area (Å²) in [6.45, 7) is 7.53. The predicted octanol–water partition coefficient (Wildman–Crippen LogP) is 2.82. The van der Waals surface area contributed by atoms with E-state index in [1.54, 1.807) is 11.3 Å². The van der Waals surface area contributed by atoms with E-state index in [1.165, 1.54) is 4.88 Å². The van der Waals surface area contributed by atoms with E-state index < -0.39 is 0 Å². The van der Waals surface area contributed by atoms with Crippen LogP contribution in [0.3, 0.4) is 0 Å². The molecular formula is C12H19NOS. The average Bonchev–Trinajstić information content (AvgIpc) is 2.67. The Morgan fingerprint density at radius 3 is 2.80 bits per heavy atom. The fraction of sp³-hybridized carbons (Fsp3) is 0.667. The Labute approximate surface area is 95.6 Å². The number of nitrogens with one attached hydrogen (secondary N) is 1. The molecule has 15 heavy (non-hydrogen) atoms. The minimum absolute atomic E-state index is 0.220. The predicted molar refractivity (Wildman–Crippen MR) is 64.2 cm³/mol. The highest BCUT2D eigenvalue weighted by Crippen LogP contribution is 2.29. The Balaban J connectivity index is 2.13. The summed E-state index contributed by atoms with van der Waals surface area (Å²) >= 11 is 1.78. The van der Waals surface area contributed by atoms with Crippen molar-refractivity contribution >= 4 is 11.3 Å². The number of hydrogen-bond acceptors (Lipinski definition) is 3. The lowest BCUT2D eigenvalue weighted by Gasteiger charge is -2.22. The van der Waals surface area contributed by atoms with Crippen LogP contribution in [0.15, 0.2) is 17.5 Å². The number of ether oxygens (including phenoxy) is 1. The van der Waals surface area contributed by atoms with E-state index in [1.807, 2.05) is 0 Å². The van der Waals surface area contributed by atoms with Crippen molar-refractivity contribution < 1.29 is 4.74 Å². The molecule has 0 radical (unpaired) electrons. The van der Waals surface area contributed by atoms with Gasteiger partial charge in [-0.2, -0.15) is 0 Å². The fourth-order valence-electron chi connectivity index (χ4n) is 1.99. The number of hydrogen-bond donors (Lipinski definition) is 1. The smallest absolute Gasteiger partial charge is 0.107 e. The molecule has 2 rings (SSSR count). The molecule has 4 unspecified atom stereocenters. The molecule has 0 spiro atoms. The first-order chi connectivity index (χ1) is 7.18. The standard InChI is InChI=1S/C12H19NOS/c1-8-7-14-12(10(3)13-9(8)2)11-5-4-6-15-11/h4-6,8-10,12-13H,7H2,1-3H3. The third-order valence-corrected chi connectivity index (χ3v) is 4.13. The zero-order chi connectivity index (χ0) is 10.8. The first-order valence-electron chi connectivity index (χ1n) is 5.59. The minimum Gasteiger partial charge on any atom is -0.371 e. The van der Waals surface area contributed by atoms with Gasteiger partial charge in [-0.05, 0) is 31.2 Å². The van der Waals surface area contributed by atoms with Crippen LogP contribution < -0.4 is 5.32 Å². The first-order valence-corrected chi connectivity index (χ1v) is 6.47. The summed E-state index contributed by atoms with van der Waals surface area (Å²) in [5.74, 6) is 0.581. The second-order valence-electron chi connectivity index (χ2n) is 4.49. The van der Waals surface area contributed by atoms with Gasteiger partial charge in [0.2, 0.25) is 0 Å². The van der Waals surface area contributed by atoms with Crippen molar-refractivity contribution in [2.75, 3.05) is 6.61 Å². The topological polar surface area (TPSA) is 21.3 Å². The Bertz CT molecular complexity index is 299. The van der Waals surface area contributed by atoms with Gasteiger partial charge in [0.25, 0.3) is 0 Å². The molecule has 4 atom stereocenters. The summed E-state index contributed by atoms with van der Waals surface area (Å²) in [7, 11) is 0. The van der Waals surface area contributed by atoms with Crippen LogP contribution in [-0.4, -0.2) is 18.7 Å². The van der Waals surface area contributed by atoms with E-state index in [0.717, 1.165) is 6.61 Å². The van der Waals surface area contributed by atoms with E-state index in [-0.39, 0.29) is 6.10 Å². The highest BCUT2D eigenvalue weighted by molar-refractivity contribution is 7.10. The van der Waals surface area contributed by atoms with Crippen LogP contribution in [0.25, 0.3) is 0 Å². The summed E-state index contributed by atoms with van der Waals surface area (Å²) in [6, 6.07) is 5.18. The maximum absolute atomic E-state index is 5.99. The maximum Gasteiger partial charge on any atom is 0.107 e. The highest BCUT2D eigenvalue weighted by Gasteiger charge is 2.28. The van der Waals surface area contributed by atoms with Crippen molar-refractivity contribution in [3.05, 3.63) is 22.4 Å². The van der Waals surface area contributed by atoms with Crippen LogP contribution in [-0.2, 0) is 4.74 Å². The van der Waals surface area contributed by atoms with Crippen LogP contribution in [0.5, 0.6) is 0 Å². The third-order valence-electron chi connectivity index (χ3n) is 3.20. The molecule has 1 saturated heterocycles. The van der Waals surface area contributed by atoms with E-state index in [4.69, 9.17) is 4.74 Å². The van der Waals surface area contributed by atoms with Crippen molar-refractivity contribution in [1.29, 1.82) is 0 Å². The molecule has 2 heterocycles. The fourth-order valence-corrected chi connectivity index (χ4v) is 2.87. The summed E-state index contributed by atoms with van der Waals surface area (Å²) in [5.41, 5.74) is 0. The molecule has 1 aromatic heterocycles. The van der Waals surface area contributed by atoms with E-state index in [2.05, 4.69) is 43.6 Å². The zero-order valence-electron chi connectivity index (χ0n) is 9.57. The lowest BCUT2D eigenvalue weighted by Crippen LogP contribution is -2.38. The Morgan fingerprint density at radius 2 is 2.13 bits per heavy atom. The summed E-state index contributed by atoms with van der Waals surface area (Å²) in [4.78, 5) is 1.33. The molecule has 1 N–H and O–H groups in total. The van der Waals surface area contributed by atoms with Crippen molar-refractivity contribution in [3.8, 4) is 0 Å². The molecule has 1 fully saturated rings. The van der Waals surface area contributed by atoms with Crippen LogP contribution in [0.2, 0.25) is 0 Å². The monoisotopic (exact) mass is 225 g/mol. The van der Waals surface area contributed by atoms with Crippen molar-refractivity contribution in [2.24, 2.45) is 5.92 Å². The van der Waals surface area contributed by atoms with Gasteiger partial charge >= 0.3 is 0 Å². The van der Waals surface area contributed by atoms with Crippen LogP contribution in [0.4, 0.5) is 0 Å². The SMILES string of the molecule is CC1COC(c2cccs2)C(C)NC1C. The summed E-state index contributed by atoms with van der Waals surface area (Å²) < 4.78 is 5.99. The zero-order valence-corrected chi connectivity index (χ0v) is 10.4. The van der Waals surface area contributed by atoms with E-state index >= 15 is 0 Å². The molecule has 3 heteroatoms. The second kappa shape index (κ2) is 4.64. The van der Waals surface area contributed by atoms with Gasteiger partial charge in [-0.3, -0.25) is 0 Å². The van der Waals surface area contributed by atoms with Gasteiger partial charge < -0.3 is 10.1 Å². The molecule has 0 bridgehead atoms. The molecule has 2 nitrogen and oxygen atoms in total. The third kappa shape index (κ3) is 2.41. The van der Waals surface area contributed by atoms with Gasteiger partial charge in [0.15, 0.2) is 0 Å². The van der Waals surface area contributed by atoms with E-state index in [0.29, 0.717) is 18.0 Å². The molecular weight excluding hydrogens is 206 g/mol. The molecule has 1 aliphatic rings. The summed E-state index contributed by atoms with van der Waals surface area (Å²) in [6.07, 6.45) is 0.220. The van der Waals surface area contributed by atoms with Gasteiger partial charge in [0.05, 0.1) is 6.61 Å². The largest absolute Gasteiger partial charge is 0.371 e. The van der Waals surface area contributed by atoms with Gasteiger partial charge in [-0.15, -0.1) is 11.3 Å². The Hall–Kier alpha value is -0.380. The maximum atomic E-state index is 5.99. The van der Waals surface area contributed by atoms with Gasteiger partial charge in [0.1, 0.15) is 6.10 Å². The van der Waals surface area contributed by atoms with E-state index in [9.17, 15) is 0 Å². The number of rotatable bonds is 1. The summed E-state index contributed by atoms with van der Waals surface area (Å²) in [5, 5.41) is 5.73. The van der Waals surface area contributed by atoms with Crippen molar-refractivity contribution in [3.63, 3.8) is 0 Å². The molecule has 0 aliphatic carbocycles. The highest BCUT2D eigenvalue weighted by atomic mass is 32.1. The normalized spacial score (nSPS) is 37.5. The molecule has 0 amide bonds. The van der Waals surface area contributed by atoms with Gasteiger partial charge in [0, 0.05) is 17.0 Å². The molecule has 1 aromatic rings. The first kappa shape index (κ1) is 11.1. The molecule has 1 aliphatic heterocycles. The van der Waals surface area contributed by atoms with Crippen LogP contribution >= 0.6 is 11.3 Å². The minimum atomic E-state index is 0.220. The lowest BCUT2D eigenvalue weighted by molar-refractivity contribution is 0.0353. The van der Waals surface area contributed by atoms with Crippen LogP contribution in [0.1, 0.15) is 31.8 Å².